The summed E-state index contributed by atoms with van der Waals surface area (Å²) in [6.07, 6.45) is 2.12. The van der Waals surface area contributed by atoms with E-state index in [9.17, 15) is 9.59 Å². The average molecular weight is 295 g/mol. The Hall–Kier alpha value is -2.62. The van der Waals surface area contributed by atoms with Crippen molar-refractivity contribution < 1.29 is 14.7 Å². The second-order valence-electron chi connectivity index (χ2n) is 5.47. The highest BCUT2D eigenvalue weighted by atomic mass is 16.4. The third-order valence-corrected chi connectivity index (χ3v) is 3.95. The topological polar surface area (TPSA) is 57.6 Å². The molecule has 4 nitrogen and oxygen atoms in total. The zero-order chi connectivity index (χ0) is 15.5. The lowest BCUT2D eigenvalue weighted by atomic mass is 10.0. The summed E-state index contributed by atoms with van der Waals surface area (Å²) in [4.78, 5) is 25.4. The minimum Gasteiger partial charge on any atom is -0.478 e. The van der Waals surface area contributed by atoms with Crippen LogP contribution in [0.25, 0.3) is 11.1 Å². The lowest BCUT2D eigenvalue weighted by Gasteiger charge is -2.15. The molecule has 112 valence electrons. The van der Waals surface area contributed by atoms with Gasteiger partial charge in [0.05, 0.1) is 5.56 Å². The van der Waals surface area contributed by atoms with E-state index in [1.54, 1.807) is 18.2 Å². The van der Waals surface area contributed by atoms with Crippen molar-refractivity contribution in [2.24, 2.45) is 0 Å². The number of carboxylic acid groups (broad SMARTS) is 1. The van der Waals surface area contributed by atoms with E-state index in [0.717, 1.165) is 37.1 Å². The van der Waals surface area contributed by atoms with Crippen molar-refractivity contribution in [3.8, 4) is 11.1 Å². The van der Waals surface area contributed by atoms with Gasteiger partial charge in [-0.05, 0) is 48.2 Å². The number of amides is 1. The van der Waals surface area contributed by atoms with Gasteiger partial charge in [0, 0.05) is 18.7 Å². The van der Waals surface area contributed by atoms with Gasteiger partial charge in [0.2, 0.25) is 0 Å². The van der Waals surface area contributed by atoms with Gasteiger partial charge < -0.3 is 10.0 Å². The Bertz CT molecular complexity index is 718. The van der Waals surface area contributed by atoms with Gasteiger partial charge in [-0.15, -0.1) is 0 Å². The molecule has 1 N–H and O–H groups in total. The van der Waals surface area contributed by atoms with Crippen LogP contribution in [0.1, 0.15) is 33.6 Å². The molecule has 1 amide bonds. The van der Waals surface area contributed by atoms with Crippen molar-refractivity contribution in [2.45, 2.75) is 12.8 Å². The molecule has 2 aromatic rings. The fourth-order valence-corrected chi connectivity index (χ4v) is 2.77. The Labute approximate surface area is 129 Å². The summed E-state index contributed by atoms with van der Waals surface area (Å²) in [5.41, 5.74) is 2.55. The van der Waals surface area contributed by atoms with E-state index in [0.29, 0.717) is 5.56 Å². The van der Waals surface area contributed by atoms with E-state index < -0.39 is 5.97 Å². The van der Waals surface area contributed by atoms with Crippen LogP contribution in [0.3, 0.4) is 0 Å². The average Bonchev–Trinajstić information content (AvgIpc) is 3.09. The molecule has 1 aliphatic rings. The maximum atomic E-state index is 12.4. The number of nitrogens with zero attached hydrogens (tertiary/aromatic N) is 1. The van der Waals surface area contributed by atoms with Gasteiger partial charge in [-0.2, -0.15) is 0 Å². The molecule has 1 heterocycles. The number of hydrogen-bond donors (Lipinski definition) is 1. The highest BCUT2D eigenvalue weighted by Gasteiger charge is 2.19. The second kappa shape index (κ2) is 6.02. The summed E-state index contributed by atoms with van der Waals surface area (Å²) >= 11 is 0. The maximum absolute atomic E-state index is 12.4. The number of carbonyl (C=O) groups excluding carboxylic acids is 1. The van der Waals surface area contributed by atoms with Crippen LogP contribution in [-0.4, -0.2) is 35.0 Å². The first-order valence-electron chi connectivity index (χ1n) is 7.38. The minimum absolute atomic E-state index is 0.0498. The number of carbonyl (C=O) groups is 2. The summed E-state index contributed by atoms with van der Waals surface area (Å²) in [7, 11) is 0. The molecule has 0 unspecified atom stereocenters. The zero-order valence-corrected chi connectivity index (χ0v) is 12.2. The maximum Gasteiger partial charge on any atom is 0.335 e. The summed E-state index contributed by atoms with van der Waals surface area (Å²) < 4.78 is 0. The predicted molar refractivity (Wildman–Crippen MR) is 84.0 cm³/mol. The van der Waals surface area contributed by atoms with E-state index in [-0.39, 0.29) is 11.5 Å². The van der Waals surface area contributed by atoms with Crippen LogP contribution in [0.2, 0.25) is 0 Å². The summed E-state index contributed by atoms with van der Waals surface area (Å²) in [5, 5.41) is 9.08. The Morgan fingerprint density at radius 1 is 0.864 bits per heavy atom. The zero-order valence-electron chi connectivity index (χ0n) is 12.2. The second-order valence-corrected chi connectivity index (χ2v) is 5.47. The van der Waals surface area contributed by atoms with Crippen LogP contribution in [-0.2, 0) is 0 Å². The SMILES string of the molecule is O=C(O)c1cccc(-c2cccc(C(=O)N3CCCC3)c2)c1. The summed E-state index contributed by atoms with van der Waals surface area (Å²) in [5.74, 6) is -0.903. The molecule has 1 saturated heterocycles. The van der Waals surface area contributed by atoms with Crippen molar-refractivity contribution >= 4 is 11.9 Å². The van der Waals surface area contributed by atoms with Gasteiger partial charge in [-0.3, -0.25) is 4.79 Å². The first-order chi connectivity index (χ1) is 10.6. The van der Waals surface area contributed by atoms with Gasteiger partial charge in [0.25, 0.3) is 5.91 Å². The minimum atomic E-state index is -0.953. The molecule has 22 heavy (non-hydrogen) atoms. The van der Waals surface area contributed by atoms with Crippen molar-refractivity contribution in [3.63, 3.8) is 0 Å². The quantitative estimate of drug-likeness (QED) is 0.945. The van der Waals surface area contributed by atoms with Crippen LogP contribution in [0, 0.1) is 0 Å². The molecule has 2 aromatic carbocycles. The summed E-state index contributed by atoms with van der Waals surface area (Å²) in [6, 6.07) is 14.1. The Kier molecular flexibility index (Phi) is 3.92. The van der Waals surface area contributed by atoms with E-state index in [2.05, 4.69) is 0 Å². The molecule has 0 aromatic heterocycles. The van der Waals surface area contributed by atoms with E-state index in [4.69, 9.17) is 5.11 Å². The number of likely N-dealkylation sites (tertiary alicyclic amines) is 1. The monoisotopic (exact) mass is 295 g/mol. The van der Waals surface area contributed by atoms with Crippen LogP contribution in [0.5, 0.6) is 0 Å². The summed E-state index contributed by atoms with van der Waals surface area (Å²) in [6.45, 7) is 1.63. The third kappa shape index (κ3) is 2.86. The largest absolute Gasteiger partial charge is 0.478 e. The molecule has 0 bridgehead atoms. The molecule has 0 atom stereocenters. The van der Waals surface area contributed by atoms with Crippen LogP contribution in [0.15, 0.2) is 48.5 Å². The number of hydrogen-bond acceptors (Lipinski definition) is 2. The van der Waals surface area contributed by atoms with Crippen LogP contribution >= 0.6 is 0 Å². The first-order valence-corrected chi connectivity index (χ1v) is 7.38. The van der Waals surface area contributed by atoms with Crippen LogP contribution in [0.4, 0.5) is 0 Å². The number of aromatic carboxylic acids is 1. The Morgan fingerprint density at radius 2 is 1.41 bits per heavy atom. The van der Waals surface area contributed by atoms with Crippen molar-refractivity contribution in [2.75, 3.05) is 13.1 Å². The van der Waals surface area contributed by atoms with Gasteiger partial charge in [-0.1, -0.05) is 24.3 Å². The molecule has 0 saturated carbocycles. The standard InChI is InChI=1S/C18H17NO3/c20-17(19-9-1-2-10-19)15-7-3-5-13(11-15)14-6-4-8-16(12-14)18(21)22/h3-8,11-12H,1-2,9-10H2,(H,21,22). The smallest absolute Gasteiger partial charge is 0.335 e. The number of benzene rings is 2. The molecule has 1 aliphatic heterocycles. The molecule has 4 heteroatoms. The van der Waals surface area contributed by atoms with Gasteiger partial charge >= 0.3 is 5.97 Å². The van der Waals surface area contributed by atoms with Crippen molar-refractivity contribution in [1.29, 1.82) is 0 Å². The molecular formula is C18H17NO3. The molecule has 3 rings (SSSR count). The molecular weight excluding hydrogens is 278 g/mol. The highest BCUT2D eigenvalue weighted by Crippen LogP contribution is 2.23. The molecule has 1 fully saturated rings. The lowest BCUT2D eigenvalue weighted by molar-refractivity contribution is 0.0696. The fraction of sp³-hybridized carbons (Fsp3) is 0.222. The van der Waals surface area contributed by atoms with E-state index >= 15 is 0 Å². The molecule has 0 aliphatic carbocycles. The normalized spacial score (nSPS) is 14.1. The van der Waals surface area contributed by atoms with E-state index in [1.807, 2.05) is 35.2 Å². The van der Waals surface area contributed by atoms with E-state index in [1.165, 1.54) is 0 Å². The third-order valence-electron chi connectivity index (χ3n) is 3.95. The van der Waals surface area contributed by atoms with Gasteiger partial charge in [0.15, 0.2) is 0 Å². The number of carboxylic acids is 1. The fourth-order valence-electron chi connectivity index (χ4n) is 2.77. The lowest BCUT2D eigenvalue weighted by Crippen LogP contribution is -2.27. The van der Waals surface area contributed by atoms with Crippen LogP contribution < -0.4 is 0 Å². The Balaban J connectivity index is 1.92. The highest BCUT2D eigenvalue weighted by molar-refractivity contribution is 5.96. The Morgan fingerprint density at radius 3 is 2.00 bits per heavy atom. The van der Waals surface area contributed by atoms with Crippen molar-refractivity contribution in [3.05, 3.63) is 59.7 Å². The van der Waals surface area contributed by atoms with Gasteiger partial charge in [0.1, 0.15) is 0 Å². The molecule has 0 spiro atoms. The molecule has 0 radical (unpaired) electrons. The first kappa shape index (κ1) is 14.3. The number of rotatable bonds is 3. The van der Waals surface area contributed by atoms with Crippen molar-refractivity contribution in [1.82, 2.24) is 4.90 Å². The van der Waals surface area contributed by atoms with Gasteiger partial charge in [-0.25, -0.2) is 4.79 Å². The predicted octanol–water partition coefficient (Wildman–Crippen LogP) is 3.29.